The molecule has 0 bridgehead atoms. The molecule has 2 heteroatoms. The van der Waals surface area contributed by atoms with Crippen LogP contribution in [0.1, 0.15) is 22.4 Å². The van der Waals surface area contributed by atoms with E-state index in [1.807, 2.05) is 6.07 Å². The van der Waals surface area contributed by atoms with E-state index in [0.717, 1.165) is 6.54 Å². The second kappa shape index (κ2) is 7.16. The monoisotopic (exact) mass is 323 g/mol. The Morgan fingerprint density at radius 3 is 2.13 bits per heavy atom. The molecule has 0 N–H and O–H groups in total. The van der Waals surface area contributed by atoms with Gasteiger partial charge >= 0.3 is 0 Å². The van der Waals surface area contributed by atoms with Crippen molar-refractivity contribution in [2.45, 2.75) is 11.3 Å². The van der Waals surface area contributed by atoms with Crippen molar-refractivity contribution in [2.75, 3.05) is 20.6 Å². The minimum Gasteiger partial charge on any atom is -0.309 e. The van der Waals surface area contributed by atoms with Crippen LogP contribution in [0.5, 0.6) is 0 Å². The molecule has 0 aliphatic rings. The number of halogens is 1. The van der Waals surface area contributed by atoms with Crippen molar-refractivity contribution in [3.63, 3.8) is 0 Å². The summed E-state index contributed by atoms with van der Waals surface area (Å²) in [5.41, 5.74) is 2.47. The van der Waals surface area contributed by atoms with E-state index in [2.05, 4.69) is 85.7 Å². The number of alkyl halides is 1. The lowest BCUT2D eigenvalue weighted by atomic mass is 9.89. The molecule has 0 radical (unpaired) electrons. The van der Waals surface area contributed by atoms with Gasteiger partial charge in [0.05, 0.1) is 5.38 Å². The highest BCUT2D eigenvalue weighted by Gasteiger charge is 2.23. The molecule has 0 saturated heterocycles. The molecule has 0 aliphatic heterocycles. The lowest BCUT2D eigenvalue weighted by Crippen LogP contribution is -2.23. The molecular formula is C21H22ClN. The average Bonchev–Trinajstić information content (AvgIpc) is 2.59. The van der Waals surface area contributed by atoms with Crippen molar-refractivity contribution < 1.29 is 0 Å². The summed E-state index contributed by atoms with van der Waals surface area (Å²) in [5, 5.41) is 2.50. The minimum atomic E-state index is -0.0419. The summed E-state index contributed by atoms with van der Waals surface area (Å²) in [6.07, 6.45) is 0. The third-order valence-electron chi connectivity index (χ3n) is 4.23. The van der Waals surface area contributed by atoms with Crippen LogP contribution in [0.2, 0.25) is 0 Å². The third-order valence-corrected chi connectivity index (χ3v) is 4.79. The minimum absolute atomic E-state index is 0.0419. The predicted molar refractivity (Wildman–Crippen MR) is 100 cm³/mol. The van der Waals surface area contributed by atoms with Crippen molar-refractivity contribution in [2.24, 2.45) is 0 Å². The summed E-state index contributed by atoms with van der Waals surface area (Å²) in [7, 11) is 4.20. The van der Waals surface area contributed by atoms with Gasteiger partial charge in [0.1, 0.15) is 0 Å². The van der Waals surface area contributed by atoms with Crippen molar-refractivity contribution in [1.82, 2.24) is 4.90 Å². The predicted octanol–water partition coefficient (Wildman–Crippen LogP) is 5.47. The van der Waals surface area contributed by atoms with Crippen LogP contribution < -0.4 is 0 Å². The fourth-order valence-electron chi connectivity index (χ4n) is 3.07. The van der Waals surface area contributed by atoms with E-state index in [4.69, 9.17) is 11.6 Å². The van der Waals surface area contributed by atoms with Gasteiger partial charge in [-0.15, -0.1) is 11.6 Å². The summed E-state index contributed by atoms with van der Waals surface area (Å²) >= 11 is 6.88. The molecule has 0 saturated carbocycles. The first-order chi connectivity index (χ1) is 11.1. The maximum atomic E-state index is 6.88. The van der Waals surface area contributed by atoms with E-state index in [-0.39, 0.29) is 11.3 Å². The van der Waals surface area contributed by atoms with Crippen LogP contribution in [-0.4, -0.2) is 25.5 Å². The molecule has 3 rings (SSSR count). The molecule has 0 fully saturated rings. The van der Waals surface area contributed by atoms with Crippen LogP contribution in [0.25, 0.3) is 10.8 Å². The molecule has 0 unspecified atom stereocenters. The van der Waals surface area contributed by atoms with Gasteiger partial charge in [-0.25, -0.2) is 0 Å². The standard InChI is InChI=1S/C21H22ClN/c1-23(2)15-20(21(22)17-9-4-3-5-10-17)19-13-12-16-8-6-7-11-18(16)14-19/h3-14,20-21H,15H2,1-2H3/t20-,21+/m0/s1. The number of likely N-dealkylation sites (N-methyl/N-ethyl adjacent to an activating group) is 1. The Kier molecular flexibility index (Phi) is 5.00. The Morgan fingerprint density at radius 1 is 0.783 bits per heavy atom. The van der Waals surface area contributed by atoms with Crippen LogP contribution in [-0.2, 0) is 0 Å². The van der Waals surface area contributed by atoms with Crippen molar-refractivity contribution in [1.29, 1.82) is 0 Å². The second-order valence-corrected chi connectivity index (χ2v) is 6.76. The Balaban J connectivity index is 2.00. The zero-order valence-corrected chi connectivity index (χ0v) is 14.4. The highest BCUT2D eigenvalue weighted by atomic mass is 35.5. The molecule has 0 heterocycles. The fraction of sp³-hybridized carbons (Fsp3) is 0.238. The summed E-state index contributed by atoms with van der Waals surface area (Å²) in [6, 6.07) is 25.5. The molecular weight excluding hydrogens is 302 g/mol. The van der Waals surface area contributed by atoms with Gasteiger partial charge in [-0.2, -0.15) is 0 Å². The maximum Gasteiger partial charge on any atom is 0.0666 e. The Bertz CT molecular complexity index is 767. The molecule has 2 atom stereocenters. The van der Waals surface area contributed by atoms with Crippen molar-refractivity contribution in [3.05, 3.63) is 83.9 Å². The lowest BCUT2D eigenvalue weighted by molar-refractivity contribution is 0.368. The van der Waals surface area contributed by atoms with Gasteiger partial charge in [0.2, 0.25) is 0 Å². The number of benzene rings is 3. The first kappa shape index (κ1) is 16.0. The second-order valence-electron chi connectivity index (χ2n) is 6.29. The number of hydrogen-bond acceptors (Lipinski definition) is 1. The van der Waals surface area contributed by atoms with Gasteiger partial charge in [0.15, 0.2) is 0 Å². The number of fused-ring (bicyclic) bond motifs is 1. The van der Waals surface area contributed by atoms with Crippen LogP contribution in [0.4, 0.5) is 0 Å². The largest absolute Gasteiger partial charge is 0.309 e. The molecule has 118 valence electrons. The molecule has 3 aromatic carbocycles. The molecule has 3 aromatic rings. The number of rotatable bonds is 5. The first-order valence-corrected chi connectivity index (χ1v) is 8.41. The highest BCUT2D eigenvalue weighted by molar-refractivity contribution is 6.21. The fourth-order valence-corrected chi connectivity index (χ4v) is 3.44. The van der Waals surface area contributed by atoms with E-state index < -0.39 is 0 Å². The summed E-state index contributed by atoms with van der Waals surface area (Å²) in [4.78, 5) is 2.21. The molecule has 1 nitrogen and oxygen atoms in total. The summed E-state index contributed by atoms with van der Waals surface area (Å²) in [6.45, 7) is 0.918. The SMILES string of the molecule is CN(C)C[C@@H](c1ccc2ccccc2c1)[C@H](Cl)c1ccccc1. The van der Waals surface area contributed by atoms with Crippen molar-refractivity contribution in [3.8, 4) is 0 Å². The van der Waals surface area contributed by atoms with Crippen LogP contribution in [0.3, 0.4) is 0 Å². The van der Waals surface area contributed by atoms with Gasteiger partial charge in [0, 0.05) is 12.5 Å². The van der Waals surface area contributed by atoms with Gasteiger partial charge in [-0.05, 0) is 36.0 Å². The topological polar surface area (TPSA) is 3.24 Å². The quantitative estimate of drug-likeness (QED) is 0.563. The average molecular weight is 324 g/mol. The summed E-state index contributed by atoms with van der Waals surface area (Å²) in [5.74, 6) is 0.249. The Labute approximate surface area is 143 Å². The zero-order chi connectivity index (χ0) is 16.2. The number of hydrogen-bond donors (Lipinski definition) is 0. The highest BCUT2D eigenvalue weighted by Crippen LogP contribution is 2.37. The number of nitrogens with zero attached hydrogens (tertiary/aromatic N) is 1. The van der Waals surface area contributed by atoms with E-state index in [9.17, 15) is 0 Å². The molecule has 0 aliphatic carbocycles. The third kappa shape index (κ3) is 3.74. The van der Waals surface area contributed by atoms with Gasteiger partial charge in [0.25, 0.3) is 0 Å². The first-order valence-electron chi connectivity index (χ1n) is 7.97. The van der Waals surface area contributed by atoms with E-state index in [0.29, 0.717) is 0 Å². The van der Waals surface area contributed by atoms with Gasteiger partial charge in [-0.3, -0.25) is 0 Å². The van der Waals surface area contributed by atoms with Crippen LogP contribution in [0.15, 0.2) is 72.8 Å². The Hall–Kier alpha value is -1.83. The smallest absolute Gasteiger partial charge is 0.0666 e. The normalized spacial score (nSPS) is 14.1. The van der Waals surface area contributed by atoms with Gasteiger partial charge in [-0.1, -0.05) is 72.8 Å². The van der Waals surface area contributed by atoms with Crippen LogP contribution >= 0.6 is 11.6 Å². The molecule has 0 amide bonds. The van der Waals surface area contributed by atoms with E-state index >= 15 is 0 Å². The van der Waals surface area contributed by atoms with Gasteiger partial charge < -0.3 is 4.90 Å². The van der Waals surface area contributed by atoms with Crippen molar-refractivity contribution >= 4 is 22.4 Å². The summed E-state index contributed by atoms with van der Waals surface area (Å²) < 4.78 is 0. The molecule has 0 aromatic heterocycles. The molecule has 23 heavy (non-hydrogen) atoms. The van der Waals surface area contributed by atoms with E-state index in [1.165, 1.54) is 21.9 Å². The van der Waals surface area contributed by atoms with Crippen LogP contribution in [0, 0.1) is 0 Å². The Morgan fingerprint density at radius 2 is 1.43 bits per heavy atom. The molecule has 0 spiro atoms. The lowest BCUT2D eigenvalue weighted by Gasteiger charge is -2.26. The maximum absolute atomic E-state index is 6.88. The van der Waals surface area contributed by atoms with E-state index in [1.54, 1.807) is 0 Å². The zero-order valence-electron chi connectivity index (χ0n) is 13.6.